The topological polar surface area (TPSA) is 51.0 Å². The number of aromatic nitrogens is 2. The Kier molecular flexibility index (Phi) is 3.48. The number of aryl methyl sites for hydroxylation is 1. The molecule has 1 heterocycles. The van der Waals surface area contributed by atoms with Crippen molar-refractivity contribution < 1.29 is 13.2 Å². The molecular weight excluding hydrogens is 264 g/mol. The van der Waals surface area contributed by atoms with Crippen molar-refractivity contribution in [3.63, 3.8) is 0 Å². The van der Waals surface area contributed by atoms with E-state index in [2.05, 4.69) is 15.5 Å². The molecule has 0 saturated heterocycles. The summed E-state index contributed by atoms with van der Waals surface area (Å²) in [6.07, 6.45) is 2.02. The molecule has 1 saturated carbocycles. The first-order chi connectivity index (χ1) is 9.63. The molecule has 1 N–H and O–H groups in total. The summed E-state index contributed by atoms with van der Waals surface area (Å²) in [5.74, 6) is 0.446. The highest BCUT2D eigenvalue weighted by Gasteiger charge is 2.34. The van der Waals surface area contributed by atoms with Crippen molar-refractivity contribution in [1.82, 2.24) is 15.5 Å². The second-order valence-electron chi connectivity index (χ2n) is 5.08. The zero-order valence-electron chi connectivity index (χ0n) is 11.1. The van der Waals surface area contributed by atoms with Crippen LogP contribution in [0, 0.1) is 24.5 Å². The van der Waals surface area contributed by atoms with Crippen molar-refractivity contribution in [2.24, 2.45) is 5.92 Å². The Labute approximate surface area is 115 Å². The maximum Gasteiger partial charge on any atom is 0.230 e. The molecule has 3 rings (SSSR count). The van der Waals surface area contributed by atoms with Crippen LogP contribution in [0.4, 0.5) is 8.78 Å². The number of rotatable bonds is 5. The zero-order chi connectivity index (χ0) is 14.1. The van der Waals surface area contributed by atoms with Crippen LogP contribution in [0.25, 0.3) is 0 Å². The number of benzene rings is 1. The van der Waals surface area contributed by atoms with E-state index in [0.717, 1.165) is 18.9 Å². The smallest absolute Gasteiger partial charge is 0.230 e. The molecule has 1 atom stereocenters. The molecule has 20 heavy (non-hydrogen) atoms. The third-order valence-electron chi connectivity index (χ3n) is 3.43. The molecule has 0 radical (unpaired) electrons. The molecule has 2 aromatic rings. The third-order valence-corrected chi connectivity index (χ3v) is 3.43. The van der Waals surface area contributed by atoms with Crippen molar-refractivity contribution in [1.29, 1.82) is 0 Å². The number of nitrogens with one attached hydrogen (secondary N) is 1. The Morgan fingerprint density at radius 2 is 2.15 bits per heavy atom. The van der Waals surface area contributed by atoms with Gasteiger partial charge in [0, 0.05) is 18.5 Å². The summed E-state index contributed by atoms with van der Waals surface area (Å²) in [7, 11) is 0. The molecule has 1 aromatic heterocycles. The van der Waals surface area contributed by atoms with Crippen LogP contribution in [-0.2, 0) is 6.54 Å². The van der Waals surface area contributed by atoms with Crippen molar-refractivity contribution >= 4 is 0 Å². The minimum atomic E-state index is -0.428. The quantitative estimate of drug-likeness (QED) is 0.914. The van der Waals surface area contributed by atoms with E-state index < -0.39 is 11.6 Å². The molecule has 0 bridgehead atoms. The third kappa shape index (κ3) is 2.85. The molecule has 0 spiro atoms. The number of nitrogens with zero attached hydrogens (tertiary/aromatic N) is 2. The molecule has 4 nitrogen and oxygen atoms in total. The lowest BCUT2D eigenvalue weighted by Gasteiger charge is -2.18. The van der Waals surface area contributed by atoms with E-state index >= 15 is 0 Å². The molecule has 106 valence electrons. The summed E-state index contributed by atoms with van der Waals surface area (Å²) < 4.78 is 32.5. The lowest BCUT2D eigenvalue weighted by atomic mass is 10.0. The lowest BCUT2D eigenvalue weighted by molar-refractivity contribution is 0.397. The van der Waals surface area contributed by atoms with E-state index in [9.17, 15) is 8.78 Å². The van der Waals surface area contributed by atoms with Crippen molar-refractivity contribution in [2.75, 3.05) is 0 Å². The molecule has 1 fully saturated rings. The Hall–Kier alpha value is -1.82. The van der Waals surface area contributed by atoms with E-state index in [1.807, 2.05) is 0 Å². The number of hydrogen-bond acceptors (Lipinski definition) is 4. The second-order valence-corrected chi connectivity index (χ2v) is 5.08. The van der Waals surface area contributed by atoms with Gasteiger partial charge in [-0.05, 0) is 37.0 Å². The summed E-state index contributed by atoms with van der Waals surface area (Å²) in [5, 5.41) is 10.8. The van der Waals surface area contributed by atoms with Crippen LogP contribution in [0.2, 0.25) is 0 Å². The molecule has 6 heteroatoms. The monoisotopic (exact) mass is 279 g/mol. The van der Waals surface area contributed by atoms with Gasteiger partial charge in [0.1, 0.15) is 11.6 Å². The molecule has 0 amide bonds. The van der Waals surface area contributed by atoms with Gasteiger partial charge in [-0.2, -0.15) is 0 Å². The van der Waals surface area contributed by atoms with Crippen molar-refractivity contribution in [3.8, 4) is 0 Å². The summed E-state index contributed by atoms with van der Waals surface area (Å²) in [4.78, 5) is 0. The van der Waals surface area contributed by atoms with Gasteiger partial charge in [0.15, 0.2) is 0 Å². The van der Waals surface area contributed by atoms with Crippen LogP contribution in [-0.4, -0.2) is 10.2 Å². The summed E-state index contributed by atoms with van der Waals surface area (Å²) in [6, 6.07) is 3.32. The zero-order valence-corrected chi connectivity index (χ0v) is 11.1. The van der Waals surface area contributed by atoms with Crippen LogP contribution in [0.3, 0.4) is 0 Å². The number of halogens is 2. The van der Waals surface area contributed by atoms with Gasteiger partial charge < -0.3 is 9.73 Å². The van der Waals surface area contributed by atoms with Crippen molar-refractivity contribution in [2.45, 2.75) is 32.4 Å². The largest absolute Gasteiger partial charge is 0.424 e. The molecule has 1 aliphatic rings. The predicted molar refractivity (Wildman–Crippen MR) is 67.7 cm³/mol. The lowest BCUT2D eigenvalue weighted by Crippen LogP contribution is -2.24. The van der Waals surface area contributed by atoms with Gasteiger partial charge in [-0.1, -0.05) is 0 Å². The van der Waals surface area contributed by atoms with Gasteiger partial charge in [0.05, 0.1) is 6.54 Å². The fourth-order valence-corrected chi connectivity index (χ4v) is 2.32. The Balaban J connectivity index is 1.77. The predicted octanol–water partition coefficient (Wildman–Crippen LogP) is 2.90. The van der Waals surface area contributed by atoms with Crippen LogP contribution >= 0.6 is 0 Å². The molecule has 1 unspecified atom stereocenters. The van der Waals surface area contributed by atoms with Gasteiger partial charge in [0.2, 0.25) is 11.8 Å². The standard InChI is InChI=1S/C14H15F2N3O/c1-8-18-19-13(20-8)7-17-14(9-2-3-9)11-6-10(15)4-5-12(11)16/h4-6,9,14,17H,2-3,7H2,1H3. The van der Waals surface area contributed by atoms with Crippen LogP contribution in [0.5, 0.6) is 0 Å². The SMILES string of the molecule is Cc1nnc(CNC(c2cc(F)ccc2F)C2CC2)o1. The molecule has 0 aliphatic heterocycles. The molecule has 1 aromatic carbocycles. The average molecular weight is 279 g/mol. The average Bonchev–Trinajstić information content (AvgIpc) is 3.17. The van der Waals surface area contributed by atoms with E-state index in [1.165, 1.54) is 12.1 Å². The van der Waals surface area contributed by atoms with E-state index in [0.29, 0.717) is 29.8 Å². The van der Waals surface area contributed by atoms with Crippen LogP contribution in [0.15, 0.2) is 22.6 Å². The Bertz CT molecular complexity index is 610. The Morgan fingerprint density at radius 3 is 2.80 bits per heavy atom. The fraction of sp³-hybridized carbons (Fsp3) is 0.429. The van der Waals surface area contributed by atoms with E-state index in [1.54, 1.807) is 6.92 Å². The number of hydrogen-bond donors (Lipinski definition) is 1. The van der Waals surface area contributed by atoms with Gasteiger partial charge >= 0.3 is 0 Å². The van der Waals surface area contributed by atoms with E-state index in [4.69, 9.17) is 4.42 Å². The highest BCUT2D eigenvalue weighted by molar-refractivity contribution is 5.24. The minimum Gasteiger partial charge on any atom is -0.424 e. The molecular formula is C14H15F2N3O. The maximum absolute atomic E-state index is 13.9. The first-order valence-electron chi connectivity index (χ1n) is 6.61. The van der Waals surface area contributed by atoms with Crippen LogP contribution in [0.1, 0.15) is 36.2 Å². The summed E-state index contributed by atoms with van der Waals surface area (Å²) in [6.45, 7) is 2.05. The highest BCUT2D eigenvalue weighted by atomic mass is 19.1. The maximum atomic E-state index is 13.9. The normalized spacial score (nSPS) is 16.4. The van der Waals surface area contributed by atoms with Gasteiger partial charge in [-0.15, -0.1) is 10.2 Å². The molecule has 1 aliphatic carbocycles. The Morgan fingerprint density at radius 1 is 1.35 bits per heavy atom. The highest BCUT2D eigenvalue weighted by Crippen LogP contribution is 2.42. The second kappa shape index (κ2) is 5.28. The summed E-state index contributed by atoms with van der Waals surface area (Å²) >= 11 is 0. The fourth-order valence-electron chi connectivity index (χ4n) is 2.32. The van der Waals surface area contributed by atoms with E-state index in [-0.39, 0.29) is 6.04 Å². The van der Waals surface area contributed by atoms with Gasteiger partial charge in [-0.3, -0.25) is 0 Å². The van der Waals surface area contributed by atoms with Crippen molar-refractivity contribution in [3.05, 3.63) is 47.2 Å². The first kappa shape index (κ1) is 13.2. The summed E-state index contributed by atoms with van der Waals surface area (Å²) in [5.41, 5.74) is 0.365. The first-order valence-corrected chi connectivity index (χ1v) is 6.61. The van der Waals surface area contributed by atoms with Gasteiger partial charge in [0.25, 0.3) is 0 Å². The minimum absolute atomic E-state index is 0.224. The van der Waals surface area contributed by atoms with Gasteiger partial charge in [-0.25, -0.2) is 8.78 Å². The van der Waals surface area contributed by atoms with Crippen LogP contribution < -0.4 is 5.32 Å².